The number of nitrogens with one attached hydrogen (secondary N) is 1. The highest BCUT2D eigenvalue weighted by atomic mass is 32.2. The molecule has 3 aromatic rings. The molecule has 2 aromatic carbocycles. The molecule has 0 saturated carbocycles. The lowest BCUT2D eigenvalue weighted by atomic mass is 10.2. The van der Waals surface area contributed by atoms with Gasteiger partial charge in [0.15, 0.2) is 0 Å². The van der Waals surface area contributed by atoms with Crippen LogP contribution in [-0.4, -0.2) is 28.5 Å². The second kappa shape index (κ2) is 7.31. The smallest absolute Gasteiger partial charge is 0.237 e. The third kappa shape index (κ3) is 3.49. The van der Waals surface area contributed by atoms with E-state index in [0.29, 0.717) is 11.4 Å². The summed E-state index contributed by atoms with van der Waals surface area (Å²) < 4.78 is 5.26. The van der Waals surface area contributed by atoms with Gasteiger partial charge in [-0.3, -0.25) is 4.79 Å². The molecule has 1 aromatic heterocycles. The van der Waals surface area contributed by atoms with Gasteiger partial charge in [-0.25, -0.2) is 0 Å². The molecule has 5 nitrogen and oxygen atoms in total. The Labute approximate surface area is 144 Å². The van der Waals surface area contributed by atoms with E-state index in [1.807, 2.05) is 55.5 Å². The fourth-order valence-electron chi connectivity index (χ4n) is 2.29. The van der Waals surface area contributed by atoms with Gasteiger partial charge in [0.05, 0.1) is 24.2 Å². The van der Waals surface area contributed by atoms with Crippen LogP contribution in [0.4, 0.5) is 5.69 Å². The summed E-state index contributed by atoms with van der Waals surface area (Å²) in [6.45, 7) is 1.85. The van der Waals surface area contributed by atoms with Crippen LogP contribution in [0.15, 0.2) is 59.8 Å². The molecule has 0 aliphatic heterocycles. The number of aromatic nitrogens is 2. The van der Waals surface area contributed by atoms with Gasteiger partial charge >= 0.3 is 0 Å². The summed E-state index contributed by atoms with van der Waals surface area (Å²) in [6.07, 6.45) is 1.72. The molecule has 122 valence electrons. The first kappa shape index (κ1) is 16.3. The molecule has 3 rings (SSSR count). The van der Waals surface area contributed by atoms with Gasteiger partial charge in [0.25, 0.3) is 0 Å². The van der Waals surface area contributed by atoms with Gasteiger partial charge < -0.3 is 10.1 Å². The molecule has 0 radical (unpaired) electrons. The molecule has 1 N–H and O–H groups in total. The molecule has 0 bridgehead atoms. The van der Waals surface area contributed by atoms with Crippen molar-refractivity contribution in [3.63, 3.8) is 0 Å². The normalized spacial score (nSPS) is 11.9. The lowest BCUT2D eigenvalue weighted by molar-refractivity contribution is -0.115. The van der Waals surface area contributed by atoms with Crippen LogP contribution < -0.4 is 10.1 Å². The first-order valence-corrected chi connectivity index (χ1v) is 8.38. The summed E-state index contributed by atoms with van der Waals surface area (Å²) >= 11 is 1.39. The Bertz CT molecular complexity index is 864. The largest absolute Gasteiger partial charge is 0.495 e. The van der Waals surface area contributed by atoms with E-state index in [-0.39, 0.29) is 11.2 Å². The summed E-state index contributed by atoms with van der Waals surface area (Å²) in [5, 5.41) is 13.5. The Morgan fingerprint density at radius 3 is 2.75 bits per heavy atom. The Morgan fingerprint density at radius 2 is 1.92 bits per heavy atom. The van der Waals surface area contributed by atoms with Gasteiger partial charge in [0, 0.05) is 10.8 Å². The Morgan fingerprint density at radius 1 is 1.17 bits per heavy atom. The molecule has 6 heteroatoms. The number of methoxy groups -OCH3 is 1. The molecule has 0 aliphatic carbocycles. The number of nitrogens with zero attached hydrogens (tertiary/aromatic N) is 2. The van der Waals surface area contributed by atoms with E-state index in [1.54, 1.807) is 13.3 Å². The first-order valence-electron chi connectivity index (χ1n) is 7.50. The molecule has 0 aliphatic rings. The number of carbonyl (C=O) groups is 1. The molecule has 1 amide bonds. The van der Waals surface area contributed by atoms with E-state index >= 15 is 0 Å². The van der Waals surface area contributed by atoms with Crippen LogP contribution in [0.5, 0.6) is 5.75 Å². The SMILES string of the molecule is COc1ccccc1NC(=O)C(C)Sc1nncc2ccccc12. The zero-order valence-electron chi connectivity index (χ0n) is 13.4. The van der Waals surface area contributed by atoms with Crippen LogP contribution in [0, 0.1) is 0 Å². The molecule has 1 unspecified atom stereocenters. The predicted molar refractivity (Wildman–Crippen MR) is 96.5 cm³/mol. The summed E-state index contributed by atoms with van der Waals surface area (Å²) in [7, 11) is 1.58. The molecule has 0 spiro atoms. The maximum absolute atomic E-state index is 12.5. The number of rotatable bonds is 5. The monoisotopic (exact) mass is 339 g/mol. The predicted octanol–water partition coefficient (Wildman–Crippen LogP) is 3.76. The molecule has 24 heavy (non-hydrogen) atoms. The first-order chi connectivity index (χ1) is 11.7. The van der Waals surface area contributed by atoms with Gasteiger partial charge in [-0.05, 0) is 19.1 Å². The van der Waals surface area contributed by atoms with E-state index < -0.39 is 0 Å². The fraction of sp³-hybridized carbons (Fsp3) is 0.167. The molecular formula is C18H17N3O2S. The van der Waals surface area contributed by atoms with Gasteiger partial charge in [-0.2, -0.15) is 5.10 Å². The molecule has 0 fully saturated rings. The van der Waals surface area contributed by atoms with E-state index in [1.165, 1.54) is 11.8 Å². The molecular weight excluding hydrogens is 322 g/mol. The minimum absolute atomic E-state index is 0.112. The number of para-hydroxylation sites is 2. The number of thioether (sulfide) groups is 1. The van der Waals surface area contributed by atoms with Gasteiger partial charge in [0.1, 0.15) is 10.8 Å². The topological polar surface area (TPSA) is 64.1 Å². The Hall–Kier alpha value is -2.60. The molecule has 1 atom stereocenters. The Balaban J connectivity index is 1.76. The van der Waals surface area contributed by atoms with Crippen molar-refractivity contribution < 1.29 is 9.53 Å². The van der Waals surface area contributed by atoms with Crippen molar-refractivity contribution in [3.05, 3.63) is 54.7 Å². The second-order valence-corrected chi connectivity index (χ2v) is 6.52. The van der Waals surface area contributed by atoms with Crippen molar-refractivity contribution >= 4 is 34.1 Å². The van der Waals surface area contributed by atoms with Gasteiger partial charge in [-0.15, -0.1) is 5.10 Å². The zero-order valence-corrected chi connectivity index (χ0v) is 14.2. The van der Waals surface area contributed by atoms with Crippen molar-refractivity contribution in [2.75, 3.05) is 12.4 Å². The van der Waals surface area contributed by atoms with Crippen molar-refractivity contribution in [1.82, 2.24) is 10.2 Å². The number of hydrogen-bond acceptors (Lipinski definition) is 5. The van der Waals surface area contributed by atoms with Crippen LogP contribution >= 0.6 is 11.8 Å². The molecule has 1 heterocycles. The van der Waals surface area contributed by atoms with Crippen LogP contribution in [0.25, 0.3) is 10.8 Å². The zero-order chi connectivity index (χ0) is 16.9. The highest BCUT2D eigenvalue weighted by Gasteiger charge is 2.18. The number of ether oxygens (including phenoxy) is 1. The number of fused-ring (bicyclic) bond motifs is 1. The number of hydrogen-bond donors (Lipinski definition) is 1. The summed E-state index contributed by atoms with van der Waals surface area (Å²) in [6, 6.07) is 15.2. The number of amides is 1. The fourth-order valence-corrected chi connectivity index (χ4v) is 3.20. The maximum atomic E-state index is 12.5. The standard InChI is InChI=1S/C18H17N3O2S/c1-12(17(22)20-15-9-5-6-10-16(15)23-2)24-18-14-8-4-3-7-13(14)11-19-21-18/h3-12H,1-2H3,(H,20,22). The third-order valence-electron chi connectivity index (χ3n) is 3.56. The highest BCUT2D eigenvalue weighted by Crippen LogP contribution is 2.29. The van der Waals surface area contributed by atoms with Gasteiger partial charge in [0.2, 0.25) is 5.91 Å². The number of carbonyl (C=O) groups excluding carboxylic acids is 1. The van der Waals surface area contributed by atoms with E-state index in [9.17, 15) is 4.79 Å². The van der Waals surface area contributed by atoms with Crippen molar-refractivity contribution in [1.29, 1.82) is 0 Å². The number of anilines is 1. The average molecular weight is 339 g/mol. The summed E-state index contributed by atoms with van der Waals surface area (Å²) in [5.41, 5.74) is 0.654. The van der Waals surface area contributed by atoms with Crippen molar-refractivity contribution in [3.8, 4) is 5.75 Å². The third-order valence-corrected chi connectivity index (χ3v) is 4.65. The summed E-state index contributed by atoms with van der Waals surface area (Å²) in [5.74, 6) is 0.521. The second-order valence-electron chi connectivity index (χ2n) is 5.19. The average Bonchev–Trinajstić information content (AvgIpc) is 2.62. The Kier molecular flexibility index (Phi) is 4.96. The van der Waals surface area contributed by atoms with E-state index in [2.05, 4.69) is 15.5 Å². The summed E-state index contributed by atoms with van der Waals surface area (Å²) in [4.78, 5) is 12.5. The lowest BCUT2D eigenvalue weighted by Gasteiger charge is -2.14. The highest BCUT2D eigenvalue weighted by molar-refractivity contribution is 8.00. The molecule has 0 saturated heterocycles. The van der Waals surface area contributed by atoms with Crippen LogP contribution in [0.2, 0.25) is 0 Å². The minimum Gasteiger partial charge on any atom is -0.495 e. The van der Waals surface area contributed by atoms with Crippen molar-refractivity contribution in [2.24, 2.45) is 0 Å². The van der Waals surface area contributed by atoms with Crippen LogP contribution in [0.3, 0.4) is 0 Å². The van der Waals surface area contributed by atoms with E-state index in [4.69, 9.17) is 4.74 Å². The van der Waals surface area contributed by atoms with Crippen LogP contribution in [-0.2, 0) is 4.79 Å². The van der Waals surface area contributed by atoms with Crippen LogP contribution in [0.1, 0.15) is 6.92 Å². The van der Waals surface area contributed by atoms with Crippen molar-refractivity contribution in [2.45, 2.75) is 17.2 Å². The minimum atomic E-state index is -0.324. The number of benzene rings is 2. The van der Waals surface area contributed by atoms with E-state index in [0.717, 1.165) is 15.8 Å². The lowest BCUT2D eigenvalue weighted by Crippen LogP contribution is -2.22. The van der Waals surface area contributed by atoms with Gasteiger partial charge in [-0.1, -0.05) is 48.2 Å². The maximum Gasteiger partial charge on any atom is 0.237 e. The quantitative estimate of drug-likeness (QED) is 0.717.